The smallest absolute Gasteiger partial charge is 0.309 e. The average molecular weight is 854 g/mol. The molecule has 0 saturated heterocycles. The third-order valence-corrected chi connectivity index (χ3v) is 13.8. The van der Waals surface area contributed by atoms with Gasteiger partial charge in [0.1, 0.15) is 12.3 Å². The zero-order chi connectivity index (χ0) is 43.2. The van der Waals surface area contributed by atoms with Gasteiger partial charge in [-0.25, -0.2) is 0 Å². The summed E-state index contributed by atoms with van der Waals surface area (Å²) in [5.74, 6) is -0.971. The van der Waals surface area contributed by atoms with Crippen molar-refractivity contribution in [1.82, 2.24) is 0 Å². The number of benzene rings is 4. The number of methoxy groups -OCH3 is 2. The van der Waals surface area contributed by atoms with Gasteiger partial charge in [0.15, 0.2) is 5.71 Å². The summed E-state index contributed by atoms with van der Waals surface area (Å²) < 4.78 is 79.8. The first-order chi connectivity index (χ1) is 28.4. The molecule has 2 aliphatic heterocycles. The molecule has 0 saturated carbocycles. The maximum Gasteiger partial charge on any atom is 0.309 e. The molecule has 0 bridgehead atoms. The van der Waals surface area contributed by atoms with E-state index < -0.39 is 37.0 Å². The number of hydrogen-bond acceptors (Lipinski definition) is 8. The Morgan fingerprint density at radius 2 is 1.40 bits per heavy atom. The summed E-state index contributed by atoms with van der Waals surface area (Å²) in [6.07, 6.45) is 9.17. The Labute approximate surface area is 352 Å². The van der Waals surface area contributed by atoms with Crippen LogP contribution in [0.3, 0.4) is 0 Å². The zero-order valence-electron chi connectivity index (χ0n) is 34.9. The van der Waals surface area contributed by atoms with Crippen LogP contribution in [0.5, 0.6) is 0 Å². The molecule has 0 spiro atoms. The third kappa shape index (κ3) is 8.32. The molecule has 1 unspecified atom stereocenters. The van der Waals surface area contributed by atoms with E-state index in [1.807, 2.05) is 48.6 Å². The number of allylic oxidation sites excluding steroid dienone is 7. The average Bonchev–Trinajstić information content (AvgIpc) is 3.55. The van der Waals surface area contributed by atoms with E-state index in [1.54, 1.807) is 7.11 Å². The van der Waals surface area contributed by atoms with E-state index in [0.717, 1.165) is 66.6 Å². The number of carbonyl (C=O) groups excluding carboxylic acids is 1. The van der Waals surface area contributed by atoms with Gasteiger partial charge in [-0.15, -0.1) is 0 Å². The normalized spacial score (nSPS) is 20.2. The summed E-state index contributed by atoms with van der Waals surface area (Å²) in [7, 11) is -5.33. The molecule has 1 aliphatic carbocycles. The number of esters is 1. The fraction of sp³-hybridized carbons (Fsp3) is 0.362. The molecular formula is C47H53N2O9S2+. The molecule has 1 atom stereocenters. The molecule has 60 heavy (non-hydrogen) atoms. The molecule has 4 aromatic carbocycles. The highest BCUT2D eigenvalue weighted by Gasteiger charge is 2.46. The summed E-state index contributed by atoms with van der Waals surface area (Å²) in [6.45, 7) is 9.29. The number of nitrogens with zero attached hydrogens (tertiary/aromatic N) is 2. The van der Waals surface area contributed by atoms with Crippen LogP contribution in [-0.4, -0.2) is 81.0 Å². The standard InChI is InChI=1S/C47H52N2O9S2/c1-46(2)40(48(25-11-27-59(51,52)53)38-21-17-31-13-7-9-15-36(31)42(38)46)23-19-33-29-35(45(50)58-6)30-34(44(33)57-5)20-24-41-47(3,4)43-37-16-10-8-14-32(37)18-22-39(43)49(41)26-12-28-60(54,55)56/h7-10,13-24,35H,11-12,25-30H2,1-6H3,(H-,51,52,53,54,55,56)/p+1. The van der Waals surface area contributed by atoms with E-state index in [9.17, 15) is 30.7 Å². The first-order valence-electron chi connectivity index (χ1n) is 20.2. The van der Waals surface area contributed by atoms with Gasteiger partial charge in [0, 0.05) is 47.5 Å². The van der Waals surface area contributed by atoms with Crippen LogP contribution < -0.4 is 4.90 Å². The van der Waals surface area contributed by atoms with Gasteiger partial charge in [-0.3, -0.25) is 13.9 Å². The quantitative estimate of drug-likeness (QED) is 0.0761. The highest BCUT2D eigenvalue weighted by atomic mass is 32.2. The van der Waals surface area contributed by atoms with Gasteiger partial charge in [0.25, 0.3) is 20.2 Å². The minimum Gasteiger partial charge on any atom is -0.496 e. The lowest BCUT2D eigenvalue weighted by Gasteiger charge is -2.28. The lowest BCUT2D eigenvalue weighted by molar-refractivity contribution is -0.437. The van der Waals surface area contributed by atoms with E-state index in [0.29, 0.717) is 31.7 Å². The predicted octanol–water partition coefficient (Wildman–Crippen LogP) is 8.57. The number of rotatable bonds is 13. The lowest BCUT2D eigenvalue weighted by atomic mass is 9.78. The molecule has 2 heterocycles. The van der Waals surface area contributed by atoms with Gasteiger partial charge >= 0.3 is 5.97 Å². The van der Waals surface area contributed by atoms with Crippen molar-refractivity contribution in [3.05, 3.63) is 131 Å². The number of fused-ring (bicyclic) bond motifs is 6. The second-order valence-electron chi connectivity index (χ2n) is 16.8. The van der Waals surface area contributed by atoms with Crippen LogP contribution in [-0.2, 0) is 45.3 Å². The Balaban J connectivity index is 1.34. The highest BCUT2D eigenvalue weighted by Crippen LogP contribution is 2.51. The van der Waals surface area contributed by atoms with E-state index in [4.69, 9.17) is 9.47 Å². The molecule has 0 amide bonds. The fourth-order valence-electron chi connectivity index (χ4n) is 9.60. The highest BCUT2D eigenvalue weighted by molar-refractivity contribution is 7.86. The molecule has 316 valence electrons. The SMILES string of the molecule is COC(=O)C1CC(=CC=C2N(CCCS(=O)(=O)O)c3ccc4ccccc4c3C2(C)C)C(OC)=C(C=CC2=[N+](CCCS(=O)(=O)O)c3ccc4ccccc4c3C2(C)C)C1. The Morgan fingerprint density at radius 3 is 2.03 bits per heavy atom. The molecule has 2 N–H and O–H groups in total. The van der Waals surface area contributed by atoms with Crippen LogP contribution in [0.2, 0.25) is 0 Å². The summed E-state index contributed by atoms with van der Waals surface area (Å²) in [6, 6.07) is 24.6. The number of carbonyl (C=O) groups is 1. The van der Waals surface area contributed by atoms with Crippen molar-refractivity contribution in [2.24, 2.45) is 5.92 Å². The number of anilines is 1. The molecule has 7 rings (SSSR count). The van der Waals surface area contributed by atoms with Gasteiger partial charge in [0.2, 0.25) is 5.69 Å². The van der Waals surface area contributed by atoms with Crippen molar-refractivity contribution in [3.63, 3.8) is 0 Å². The van der Waals surface area contributed by atoms with Gasteiger partial charge in [-0.2, -0.15) is 21.4 Å². The van der Waals surface area contributed by atoms with Crippen molar-refractivity contribution >= 4 is 64.8 Å². The van der Waals surface area contributed by atoms with Crippen LogP contribution in [0.25, 0.3) is 21.5 Å². The van der Waals surface area contributed by atoms with Crippen molar-refractivity contribution in [2.75, 3.05) is 43.7 Å². The zero-order valence-corrected chi connectivity index (χ0v) is 36.6. The third-order valence-electron chi connectivity index (χ3n) is 12.2. The number of ether oxygens (including phenoxy) is 2. The molecule has 0 aromatic heterocycles. The minimum atomic E-state index is -4.17. The monoisotopic (exact) mass is 853 g/mol. The fourth-order valence-corrected chi connectivity index (χ4v) is 10.6. The van der Waals surface area contributed by atoms with E-state index in [-0.39, 0.29) is 30.3 Å². The Bertz CT molecular complexity index is 2780. The molecule has 0 radical (unpaired) electrons. The van der Waals surface area contributed by atoms with Gasteiger partial charge < -0.3 is 14.4 Å². The van der Waals surface area contributed by atoms with Gasteiger partial charge in [-0.1, -0.05) is 74.5 Å². The first kappa shape index (κ1) is 43.0. The van der Waals surface area contributed by atoms with E-state index >= 15 is 0 Å². The van der Waals surface area contributed by atoms with Crippen molar-refractivity contribution in [1.29, 1.82) is 0 Å². The predicted molar refractivity (Wildman–Crippen MR) is 237 cm³/mol. The van der Waals surface area contributed by atoms with E-state index in [2.05, 4.69) is 85.7 Å². The molecule has 0 fully saturated rings. The second kappa shape index (κ2) is 16.4. The Hall–Kier alpha value is -5.08. The van der Waals surface area contributed by atoms with Gasteiger partial charge in [-0.05, 0) is 95.6 Å². The van der Waals surface area contributed by atoms with Crippen LogP contribution >= 0.6 is 0 Å². The topological polar surface area (TPSA) is 151 Å². The van der Waals surface area contributed by atoms with Crippen molar-refractivity contribution < 1.29 is 44.8 Å². The molecule has 11 nitrogen and oxygen atoms in total. The van der Waals surface area contributed by atoms with Crippen LogP contribution in [0.1, 0.15) is 64.5 Å². The maximum atomic E-state index is 13.3. The van der Waals surface area contributed by atoms with Crippen LogP contribution in [0, 0.1) is 5.92 Å². The minimum absolute atomic E-state index is 0.208. The molecular weight excluding hydrogens is 801 g/mol. The maximum absolute atomic E-state index is 13.3. The summed E-state index contributed by atoms with van der Waals surface area (Å²) in [5.41, 5.74) is 6.58. The van der Waals surface area contributed by atoms with Gasteiger partial charge in [0.05, 0.1) is 37.1 Å². The van der Waals surface area contributed by atoms with Crippen molar-refractivity contribution in [3.8, 4) is 0 Å². The van der Waals surface area contributed by atoms with Crippen LogP contribution in [0.15, 0.2) is 120 Å². The summed E-state index contributed by atoms with van der Waals surface area (Å²) in [5, 5.41) is 4.37. The number of hydrogen-bond donors (Lipinski definition) is 2. The first-order valence-corrected chi connectivity index (χ1v) is 23.4. The summed E-state index contributed by atoms with van der Waals surface area (Å²) >= 11 is 0. The van der Waals surface area contributed by atoms with Crippen molar-refractivity contribution in [2.45, 2.75) is 64.2 Å². The molecule has 13 heteroatoms. The Kier molecular flexibility index (Phi) is 11.8. The van der Waals surface area contributed by atoms with E-state index in [1.165, 1.54) is 7.11 Å². The van der Waals surface area contributed by atoms with Crippen LogP contribution in [0.4, 0.5) is 11.4 Å². The Morgan fingerprint density at radius 1 is 0.783 bits per heavy atom. The summed E-state index contributed by atoms with van der Waals surface area (Å²) in [4.78, 5) is 15.4. The lowest BCUT2D eigenvalue weighted by Crippen LogP contribution is -2.29. The molecule has 4 aromatic rings. The second-order valence-corrected chi connectivity index (χ2v) is 20.0. The largest absolute Gasteiger partial charge is 0.496 e. The molecule has 3 aliphatic rings.